The van der Waals surface area contributed by atoms with Gasteiger partial charge < -0.3 is 5.32 Å². The molecule has 5 heteroatoms. The van der Waals surface area contributed by atoms with Gasteiger partial charge in [-0.3, -0.25) is 9.69 Å². The normalized spacial score (nSPS) is 26.4. The Morgan fingerprint density at radius 1 is 1.19 bits per heavy atom. The second kappa shape index (κ2) is 5.95. The third-order valence-corrected chi connectivity index (χ3v) is 4.28. The molecule has 5 nitrogen and oxygen atoms in total. The van der Waals surface area contributed by atoms with Crippen LogP contribution in [-0.4, -0.2) is 47.0 Å². The number of nitrogens with zero attached hydrogens (tertiary/aromatic N) is 2. The summed E-state index contributed by atoms with van der Waals surface area (Å²) >= 11 is 0. The smallest absolute Gasteiger partial charge is 0.323 e. The first kappa shape index (κ1) is 16.3. The monoisotopic (exact) mass is 295 g/mol. The maximum absolute atomic E-state index is 12.6. The lowest BCUT2D eigenvalue weighted by Gasteiger charge is -2.29. The van der Waals surface area contributed by atoms with Crippen LogP contribution in [0.3, 0.4) is 0 Å². The standard InChI is InChI=1S/C16H29N3O2/c1-11(2)8-18(9-12(3)4)10-19-14(20)16(5,13-6-7-13)17-15(19)21/h11-13H,6-10H2,1-5H3,(H,17,21)/t16-/m0/s1. The molecule has 3 amide bonds. The summed E-state index contributed by atoms with van der Waals surface area (Å²) < 4.78 is 0. The second-order valence-electron chi connectivity index (χ2n) is 7.61. The first-order valence-corrected chi connectivity index (χ1v) is 8.10. The minimum Gasteiger partial charge on any atom is -0.323 e. The van der Waals surface area contributed by atoms with Gasteiger partial charge in [-0.1, -0.05) is 27.7 Å². The Morgan fingerprint density at radius 2 is 1.71 bits per heavy atom. The van der Waals surface area contributed by atoms with E-state index in [9.17, 15) is 9.59 Å². The zero-order chi connectivity index (χ0) is 15.8. The molecule has 0 spiro atoms. The first-order chi connectivity index (χ1) is 9.74. The Kier molecular flexibility index (Phi) is 4.61. The predicted octanol–water partition coefficient (Wildman–Crippen LogP) is 2.28. The van der Waals surface area contributed by atoms with Gasteiger partial charge in [0.1, 0.15) is 5.54 Å². The highest BCUT2D eigenvalue weighted by molar-refractivity contribution is 6.07. The van der Waals surface area contributed by atoms with E-state index in [4.69, 9.17) is 0 Å². The van der Waals surface area contributed by atoms with Crippen molar-refractivity contribution >= 4 is 11.9 Å². The van der Waals surface area contributed by atoms with E-state index in [-0.39, 0.29) is 11.9 Å². The van der Waals surface area contributed by atoms with E-state index >= 15 is 0 Å². The van der Waals surface area contributed by atoms with Crippen molar-refractivity contribution in [2.75, 3.05) is 19.8 Å². The average Bonchev–Trinajstić information content (AvgIpc) is 3.14. The Labute approximate surface area is 128 Å². The molecule has 1 atom stereocenters. The highest BCUT2D eigenvalue weighted by atomic mass is 16.2. The molecule has 0 radical (unpaired) electrons. The van der Waals surface area contributed by atoms with Crippen LogP contribution < -0.4 is 5.32 Å². The summed E-state index contributed by atoms with van der Waals surface area (Å²) in [7, 11) is 0. The van der Waals surface area contributed by atoms with E-state index in [0.717, 1.165) is 25.9 Å². The molecule has 21 heavy (non-hydrogen) atoms. The molecular formula is C16H29N3O2. The van der Waals surface area contributed by atoms with Crippen LogP contribution in [0.5, 0.6) is 0 Å². The summed E-state index contributed by atoms with van der Waals surface area (Å²) in [5.74, 6) is 1.30. The van der Waals surface area contributed by atoms with Crippen LogP contribution in [0.2, 0.25) is 0 Å². The van der Waals surface area contributed by atoms with Crippen molar-refractivity contribution < 1.29 is 9.59 Å². The predicted molar refractivity (Wildman–Crippen MR) is 82.6 cm³/mol. The molecule has 0 aromatic heterocycles. The fraction of sp³-hybridized carbons (Fsp3) is 0.875. The van der Waals surface area contributed by atoms with Crippen molar-refractivity contribution in [3.63, 3.8) is 0 Å². The van der Waals surface area contributed by atoms with E-state index in [1.807, 2.05) is 6.92 Å². The SMILES string of the molecule is CC(C)CN(CC(C)C)CN1C(=O)N[C@@](C)(C2CC2)C1=O. The van der Waals surface area contributed by atoms with Crippen molar-refractivity contribution in [3.8, 4) is 0 Å². The summed E-state index contributed by atoms with van der Waals surface area (Å²) in [6.45, 7) is 12.7. The quantitative estimate of drug-likeness (QED) is 0.733. The van der Waals surface area contributed by atoms with Crippen LogP contribution in [0.4, 0.5) is 4.79 Å². The van der Waals surface area contributed by atoms with Crippen LogP contribution in [0.15, 0.2) is 0 Å². The number of amides is 3. The summed E-state index contributed by atoms with van der Waals surface area (Å²) in [6.07, 6.45) is 2.08. The fourth-order valence-corrected chi connectivity index (χ4v) is 3.20. The number of imide groups is 1. The lowest BCUT2D eigenvalue weighted by atomic mass is 9.96. The van der Waals surface area contributed by atoms with Crippen molar-refractivity contribution in [1.82, 2.24) is 15.1 Å². The third kappa shape index (κ3) is 3.57. The van der Waals surface area contributed by atoms with E-state index in [2.05, 4.69) is 37.9 Å². The zero-order valence-corrected chi connectivity index (χ0v) is 14.0. The summed E-state index contributed by atoms with van der Waals surface area (Å²) in [5, 5.41) is 2.91. The van der Waals surface area contributed by atoms with Crippen molar-refractivity contribution in [1.29, 1.82) is 0 Å². The highest BCUT2D eigenvalue weighted by Gasteiger charge is 2.56. The molecular weight excluding hydrogens is 266 g/mol. The number of carbonyl (C=O) groups excluding carboxylic acids is 2. The second-order valence-corrected chi connectivity index (χ2v) is 7.61. The van der Waals surface area contributed by atoms with Crippen LogP contribution in [0, 0.1) is 17.8 Å². The highest BCUT2D eigenvalue weighted by Crippen LogP contribution is 2.42. The Balaban J connectivity index is 2.05. The molecule has 1 saturated carbocycles. The van der Waals surface area contributed by atoms with E-state index in [0.29, 0.717) is 24.4 Å². The Bertz CT molecular complexity index is 408. The van der Waals surface area contributed by atoms with Crippen LogP contribution in [0.1, 0.15) is 47.5 Å². The van der Waals surface area contributed by atoms with Gasteiger partial charge in [0.15, 0.2) is 0 Å². The molecule has 2 aliphatic rings. The molecule has 1 aliphatic carbocycles. The first-order valence-electron chi connectivity index (χ1n) is 8.10. The summed E-state index contributed by atoms with van der Waals surface area (Å²) in [5.41, 5.74) is -0.668. The molecule has 120 valence electrons. The lowest BCUT2D eigenvalue weighted by molar-refractivity contribution is -0.133. The van der Waals surface area contributed by atoms with Crippen molar-refractivity contribution in [2.45, 2.75) is 53.0 Å². The minimum atomic E-state index is -0.668. The average molecular weight is 295 g/mol. The van der Waals surface area contributed by atoms with Gasteiger partial charge in [0.05, 0.1) is 6.67 Å². The molecule has 0 aromatic rings. The van der Waals surface area contributed by atoms with Gasteiger partial charge in [-0.25, -0.2) is 9.69 Å². The Hall–Kier alpha value is -1.10. The fourth-order valence-electron chi connectivity index (χ4n) is 3.20. The Morgan fingerprint density at radius 3 is 2.14 bits per heavy atom. The van der Waals surface area contributed by atoms with Crippen LogP contribution in [-0.2, 0) is 4.79 Å². The molecule has 0 unspecified atom stereocenters. The molecule has 0 bridgehead atoms. The number of carbonyl (C=O) groups is 2. The maximum Gasteiger partial charge on any atom is 0.326 e. The largest absolute Gasteiger partial charge is 0.326 e. The zero-order valence-electron chi connectivity index (χ0n) is 14.0. The molecule has 1 saturated heterocycles. The van der Waals surface area contributed by atoms with Gasteiger partial charge in [-0.15, -0.1) is 0 Å². The minimum absolute atomic E-state index is 0.0486. The number of urea groups is 1. The molecule has 2 rings (SSSR count). The summed E-state index contributed by atoms with van der Waals surface area (Å²) in [4.78, 5) is 28.5. The van der Waals surface area contributed by atoms with E-state index in [1.165, 1.54) is 4.90 Å². The van der Waals surface area contributed by atoms with Gasteiger partial charge in [-0.05, 0) is 37.5 Å². The molecule has 1 N–H and O–H groups in total. The topological polar surface area (TPSA) is 52.6 Å². The van der Waals surface area contributed by atoms with Gasteiger partial charge in [0.25, 0.3) is 5.91 Å². The third-order valence-electron chi connectivity index (χ3n) is 4.28. The lowest BCUT2D eigenvalue weighted by Crippen LogP contribution is -2.48. The number of hydrogen-bond donors (Lipinski definition) is 1. The van der Waals surface area contributed by atoms with Crippen LogP contribution >= 0.6 is 0 Å². The van der Waals surface area contributed by atoms with Gasteiger partial charge in [0, 0.05) is 13.1 Å². The van der Waals surface area contributed by atoms with Gasteiger partial charge >= 0.3 is 6.03 Å². The van der Waals surface area contributed by atoms with Crippen LogP contribution in [0.25, 0.3) is 0 Å². The molecule has 1 heterocycles. The summed E-state index contributed by atoms with van der Waals surface area (Å²) in [6, 6.07) is -0.230. The molecule has 2 fully saturated rings. The van der Waals surface area contributed by atoms with E-state index in [1.54, 1.807) is 0 Å². The van der Waals surface area contributed by atoms with Crippen molar-refractivity contribution in [3.05, 3.63) is 0 Å². The molecule has 0 aromatic carbocycles. The molecule has 1 aliphatic heterocycles. The van der Waals surface area contributed by atoms with E-state index < -0.39 is 5.54 Å². The van der Waals surface area contributed by atoms with Gasteiger partial charge in [-0.2, -0.15) is 0 Å². The number of rotatable bonds is 7. The maximum atomic E-state index is 12.6. The number of hydrogen-bond acceptors (Lipinski definition) is 3. The van der Waals surface area contributed by atoms with Gasteiger partial charge in [0.2, 0.25) is 0 Å². The van der Waals surface area contributed by atoms with Crippen molar-refractivity contribution in [2.24, 2.45) is 17.8 Å². The number of nitrogens with one attached hydrogen (secondary N) is 1.